The Hall–Kier alpha value is -2.77. The van der Waals surface area contributed by atoms with E-state index in [-0.39, 0.29) is 18.0 Å². The summed E-state index contributed by atoms with van der Waals surface area (Å²) < 4.78 is 1.37. The van der Waals surface area contributed by atoms with E-state index < -0.39 is 0 Å². The van der Waals surface area contributed by atoms with E-state index in [0.717, 1.165) is 28.1 Å². The third-order valence-corrected chi connectivity index (χ3v) is 6.12. The first-order valence-electron chi connectivity index (χ1n) is 8.55. The molecule has 4 aromatic rings. The number of aryl methyl sites for hydroxylation is 1. The summed E-state index contributed by atoms with van der Waals surface area (Å²) in [6, 6.07) is 11.6. The van der Waals surface area contributed by atoms with Crippen molar-refractivity contribution >= 4 is 44.5 Å². The van der Waals surface area contributed by atoms with E-state index in [1.165, 1.54) is 22.2 Å². The maximum absolute atomic E-state index is 13.0. The normalized spacial score (nSPS) is 11.0. The van der Waals surface area contributed by atoms with Crippen molar-refractivity contribution in [2.75, 3.05) is 5.32 Å². The average Bonchev–Trinajstić information content (AvgIpc) is 3.34. The number of thiophene rings is 2. The van der Waals surface area contributed by atoms with Gasteiger partial charge in [0.05, 0.1) is 11.7 Å². The Balaban J connectivity index is 1.64. The van der Waals surface area contributed by atoms with Gasteiger partial charge in [-0.3, -0.25) is 14.2 Å². The van der Waals surface area contributed by atoms with Gasteiger partial charge in [0.2, 0.25) is 5.91 Å². The van der Waals surface area contributed by atoms with E-state index in [4.69, 9.17) is 0 Å². The SMILES string of the molecule is CCc1ccccc1NC(=O)Cn1cnc2scc(-c3cccs3)c2c1=O. The summed E-state index contributed by atoms with van der Waals surface area (Å²) in [6.45, 7) is 1.97. The van der Waals surface area contributed by atoms with Crippen molar-refractivity contribution < 1.29 is 4.79 Å². The molecule has 5 nitrogen and oxygen atoms in total. The van der Waals surface area contributed by atoms with Gasteiger partial charge in [0.25, 0.3) is 5.56 Å². The van der Waals surface area contributed by atoms with E-state index in [9.17, 15) is 9.59 Å². The molecular formula is C20H17N3O2S2. The largest absolute Gasteiger partial charge is 0.324 e. The van der Waals surface area contributed by atoms with Gasteiger partial charge in [-0.05, 0) is 29.5 Å². The van der Waals surface area contributed by atoms with Crippen LogP contribution in [-0.4, -0.2) is 15.5 Å². The quantitative estimate of drug-likeness (QED) is 0.545. The van der Waals surface area contributed by atoms with Gasteiger partial charge in [0, 0.05) is 21.5 Å². The Morgan fingerprint density at radius 2 is 2.04 bits per heavy atom. The number of hydrogen-bond donors (Lipinski definition) is 1. The average molecular weight is 396 g/mol. The van der Waals surface area contributed by atoms with Gasteiger partial charge in [-0.2, -0.15) is 0 Å². The summed E-state index contributed by atoms with van der Waals surface area (Å²) in [5.74, 6) is -0.243. The van der Waals surface area contributed by atoms with E-state index >= 15 is 0 Å². The van der Waals surface area contributed by atoms with Gasteiger partial charge in [-0.15, -0.1) is 22.7 Å². The molecule has 0 spiro atoms. The highest BCUT2D eigenvalue weighted by Gasteiger charge is 2.15. The van der Waals surface area contributed by atoms with Crippen molar-refractivity contribution in [2.24, 2.45) is 0 Å². The lowest BCUT2D eigenvalue weighted by Gasteiger charge is -2.10. The van der Waals surface area contributed by atoms with Gasteiger partial charge in [-0.1, -0.05) is 31.2 Å². The molecule has 0 aliphatic carbocycles. The Labute approximate surface area is 163 Å². The van der Waals surface area contributed by atoms with Crippen LogP contribution in [0.4, 0.5) is 5.69 Å². The highest BCUT2D eigenvalue weighted by molar-refractivity contribution is 7.18. The van der Waals surface area contributed by atoms with E-state index in [1.54, 1.807) is 11.3 Å². The van der Waals surface area contributed by atoms with Crippen LogP contribution in [-0.2, 0) is 17.8 Å². The maximum atomic E-state index is 13.0. The molecule has 7 heteroatoms. The van der Waals surface area contributed by atoms with Crippen molar-refractivity contribution in [3.63, 3.8) is 0 Å². The molecule has 0 atom stereocenters. The summed E-state index contributed by atoms with van der Waals surface area (Å²) in [4.78, 5) is 31.6. The molecule has 0 radical (unpaired) electrons. The number of nitrogens with zero attached hydrogens (tertiary/aromatic N) is 2. The number of amides is 1. The van der Waals surface area contributed by atoms with Crippen LogP contribution in [0.5, 0.6) is 0 Å². The predicted octanol–water partition coefficient (Wildman–Crippen LogP) is 4.39. The zero-order chi connectivity index (χ0) is 18.8. The van der Waals surface area contributed by atoms with E-state index in [0.29, 0.717) is 10.2 Å². The monoisotopic (exact) mass is 395 g/mol. The molecule has 0 unspecified atom stereocenters. The molecule has 1 N–H and O–H groups in total. The number of aromatic nitrogens is 2. The summed E-state index contributed by atoms with van der Waals surface area (Å²) in [7, 11) is 0. The molecule has 1 amide bonds. The molecule has 0 saturated heterocycles. The third kappa shape index (κ3) is 3.43. The molecule has 0 bridgehead atoms. The van der Waals surface area contributed by atoms with E-state index in [1.807, 2.05) is 54.1 Å². The van der Waals surface area contributed by atoms with Crippen LogP contribution in [0.2, 0.25) is 0 Å². The zero-order valence-corrected chi connectivity index (χ0v) is 16.3. The lowest BCUT2D eigenvalue weighted by atomic mass is 10.1. The fourth-order valence-corrected chi connectivity index (χ4v) is 4.71. The van der Waals surface area contributed by atoms with Crippen LogP contribution in [0.25, 0.3) is 20.7 Å². The number of anilines is 1. The number of hydrogen-bond acceptors (Lipinski definition) is 5. The van der Waals surface area contributed by atoms with Gasteiger partial charge in [-0.25, -0.2) is 4.98 Å². The summed E-state index contributed by atoms with van der Waals surface area (Å²) in [6.07, 6.45) is 2.27. The first-order chi connectivity index (χ1) is 13.2. The summed E-state index contributed by atoms with van der Waals surface area (Å²) in [5.41, 5.74) is 2.53. The van der Waals surface area contributed by atoms with Crippen molar-refractivity contribution in [1.29, 1.82) is 0 Å². The molecular weight excluding hydrogens is 378 g/mol. The van der Waals surface area contributed by atoms with Crippen LogP contribution < -0.4 is 10.9 Å². The molecule has 27 heavy (non-hydrogen) atoms. The Bertz CT molecular complexity index is 1160. The minimum absolute atomic E-state index is 0.0699. The second-order valence-electron chi connectivity index (χ2n) is 6.04. The second-order valence-corrected chi connectivity index (χ2v) is 7.85. The highest BCUT2D eigenvalue weighted by atomic mass is 32.1. The van der Waals surface area contributed by atoms with Gasteiger partial charge in [0.15, 0.2) is 0 Å². The van der Waals surface area contributed by atoms with Crippen LogP contribution >= 0.6 is 22.7 Å². The number of para-hydroxylation sites is 1. The smallest absolute Gasteiger partial charge is 0.263 e. The van der Waals surface area contributed by atoms with Crippen LogP contribution in [0, 0.1) is 0 Å². The van der Waals surface area contributed by atoms with Crippen LogP contribution in [0.1, 0.15) is 12.5 Å². The zero-order valence-electron chi connectivity index (χ0n) is 14.6. The minimum atomic E-state index is -0.243. The molecule has 4 rings (SSSR count). The van der Waals surface area contributed by atoms with Gasteiger partial charge < -0.3 is 5.32 Å². The Morgan fingerprint density at radius 1 is 1.19 bits per heavy atom. The van der Waals surface area contributed by atoms with Crippen molar-refractivity contribution in [1.82, 2.24) is 9.55 Å². The molecule has 0 aliphatic rings. The number of benzene rings is 1. The number of rotatable bonds is 5. The van der Waals surface area contributed by atoms with Gasteiger partial charge >= 0.3 is 0 Å². The highest BCUT2D eigenvalue weighted by Crippen LogP contribution is 2.33. The lowest BCUT2D eigenvalue weighted by Crippen LogP contribution is -2.28. The maximum Gasteiger partial charge on any atom is 0.263 e. The first-order valence-corrected chi connectivity index (χ1v) is 10.3. The predicted molar refractivity (Wildman–Crippen MR) is 112 cm³/mol. The third-order valence-electron chi connectivity index (χ3n) is 4.33. The molecule has 0 saturated carbocycles. The topological polar surface area (TPSA) is 64.0 Å². The molecule has 3 aromatic heterocycles. The van der Waals surface area contributed by atoms with E-state index in [2.05, 4.69) is 10.3 Å². The fraction of sp³-hybridized carbons (Fsp3) is 0.150. The molecule has 3 heterocycles. The Kier molecular flexibility index (Phi) is 4.87. The standard InChI is InChI=1S/C20H17N3O2S2/c1-2-13-6-3-4-7-15(13)22-17(24)10-23-12-21-19-18(20(23)25)14(11-27-19)16-8-5-9-26-16/h3-9,11-12H,2,10H2,1H3,(H,22,24). The Morgan fingerprint density at radius 3 is 2.81 bits per heavy atom. The lowest BCUT2D eigenvalue weighted by molar-refractivity contribution is -0.116. The van der Waals surface area contributed by atoms with Gasteiger partial charge in [0.1, 0.15) is 11.4 Å². The second kappa shape index (κ2) is 7.46. The molecule has 0 aliphatic heterocycles. The van der Waals surface area contributed by atoms with Crippen LogP contribution in [0.3, 0.4) is 0 Å². The number of carbonyl (C=O) groups excluding carboxylic acids is 1. The molecule has 0 fully saturated rings. The van der Waals surface area contributed by atoms with Crippen molar-refractivity contribution in [2.45, 2.75) is 19.9 Å². The van der Waals surface area contributed by atoms with Crippen LogP contribution in [0.15, 0.2) is 58.3 Å². The van der Waals surface area contributed by atoms with Crippen molar-refractivity contribution in [3.8, 4) is 10.4 Å². The number of carbonyl (C=O) groups is 1. The minimum Gasteiger partial charge on any atom is -0.324 e. The number of nitrogens with one attached hydrogen (secondary N) is 1. The number of fused-ring (bicyclic) bond motifs is 1. The summed E-state index contributed by atoms with van der Waals surface area (Å²) >= 11 is 3.02. The first kappa shape index (κ1) is 17.6. The molecule has 1 aromatic carbocycles. The summed E-state index contributed by atoms with van der Waals surface area (Å²) in [5, 5.41) is 7.40. The fourth-order valence-electron chi connectivity index (χ4n) is 2.99. The van der Waals surface area contributed by atoms with Crippen molar-refractivity contribution in [3.05, 3.63) is 69.4 Å². The molecule has 136 valence electrons.